The summed E-state index contributed by atoms with van der Waals surface area (Å²) in [4.78, 5) is 30.0. The fourth-order valence-electron chi connectivity index (χ4n) is 5.16. The van der Waals surface area contributed by atoms with Crippen LogP contribution in [0.1, 0.15) is 34.3 Å². The average molecular weight is 440 g/mol. The summed E-state index contributed by atoms with van der Waals surface area (Å²) in [7, 11) is 0. The van der Waals surface area contributed by atoms with Crippen molar-refractivity contribution in [2.75, 3.05) is 26.2 Å². The smallest absolute Gasteiger partial charge is 0.318 e. The number of nitrogens with zero attached hydrogens (tertiary/aromatic N) is 2. The number of hydrogen-bond donors (Lipinski definition) is 1. The first-order valence-corrected chi connectivity index (χ1v) is 11.7. The zero-order valence-electron chi connectivity index (χ0n) is 18.7. The number of carbonyl (C=O) groups is 2. The number of nitrogens with one attached hydrogen (secondary N) is 1. The topological polar surface area (TPSA) is 52.7 Å². The molecule has 2 heterocycles. The molecule has 0 unspecified atom stereocenters. The standard InChI is InChI=1S/C28H29N3O2/c32-26(22-10-4-1-5-11-22)20-30-18-16-25(17-19-30)31-21-28(29-27(31)33,23-12-6-2-7-13-23)24-14-8-3-9-15-24/h1-15,25H,16-21H2,(H,29,33). The Hall–Kier alpha value is -3.44. The number of Topliss-reactive ketones (excluding diaryl/α,β-unsaturated/α-hetero) is 1. The summed E-state index contributed by atoms with van der Waals surface area (Å²) in [5.41, 5.74) is 2.39. The van der Waals surface area contributed by atoms with Crippen molar-refractivity contribution in [3.63, 3.8) is 0 Å². The molecule has 2 fully saturated rings. The van der Waals surface area contributed by atoms with Gasteiger partial charge in [-0.2, -0.15) is 0 Å². The second-order valence-electron chi connectivity index (χ2n) is 8.99. The van der Waals surface area contributed by atoms with Crippen molar-refractivity contribution in [1.29, 1.82) is 0 Å². The second kappa shape index (κ2) is 9.20. The molecule has 2 amide bonds. The van der Waals surface area contributed by atoms with Crippen molar-refractivity contribution < 1.29 is 9.59 Å². The van der Waals surface area contributed by atoms with Crippen LogP contribution in [0, 0.1) is 0 Å². The van der Waals surface area contributed by atoms with Gasteiger partial charge in [-0.3, -0.25) is 9.69 Å². The molecule has 0 saturated carbocycles. The van der Waals surface area contributed by atoms with E-state index in [-0.39, 0.29) is 17.9 Å². The van der Waals surface area contributed by atoms with Gasteiger partial charge in [0.25, 0.3) is 0 Å². The van der Waals surface area contributed by atoms with Gasteiger partial charge in [0.05, 0.1) is 13.1 Å². The van der Waals surface area contributed by atoms with Crippen LogP contribution in [0.25, 0.3) is 0 Å². The van der Waals surface area contributed by atoms with Crippen LogP contribution in [0.5, 0.6) is 0 Å². The van der Waals surface area contributed by atoms with Gasteiger partial charge in [-0.15, -0.1) is 0 Å². The Kier molecular flexibility index (Phi) is 5.97. The van der Waals surface area contributed by atoms with Crippen LogP contribution < -0.4 is 5.32 Å². The monoisotopic (exact) mass is 439 g/mol. The SMILES string of the molecule is O=C(CN1CCC(N2CC(c3ccccc3)(c3ccccc3)NC2=O)CC1)c1ccccc1. The highest BCUT2D eigenvalue weighted by molar-refractivity contribution is 5.97. The first-order chi connectivity index (χ1) is 16.2. The summed E-state index contributed by atoms with van der Waals surface area (Å²) in [6.07, 6.45) is 1.74. The lowest BCUT2D eigenvalue weighted by molar-refractivity contribution is 0.0867. The van der Waals surface area contributed by atoms with E-state index in [1.165, 1.54) is 0 Å². The third-order valence-corrected chi connectivity index (χ3v) is 6.98. The number of likely N-dealkylation sites (tertiary alicyclic amines) is 1. The lowest BCUT2D eigenvalue weighted by Gasteiger charge is -2.37. The molecular weight excluding hydrogens is 410 g/mol. The largest absolute Gasteiger partial charge is 0.323 e. The van der Waals surface area contributed by atoms with Crippen LogP contribution in [0.4, 0.5) is 4.79 Å². The first-order valence-electron chi connectivity index (χ1n) is 11.7. The minimum Gasteiger partial charge on any atom is -0.323 e. The maximum absolute atomic E-state index is 13.2. The number of ketones is 1. The molecule has 3 aromatic carbocycles. The van der Waals surface area contributed by atoms with Gasteiger partial charge in [0.15, 0.2) is 5.78 Å². The van der Waals surface area contributed by atoms with E-state index in [4.69, 9.17) is 0 Å². The normalized spacial score (nSPS) is 18.8. The molecule has 0 atom stereocenters. The summed E-state index contributed by atoms with van der Waals surface area (Å²) >= 11 is 0. The molecule has 2 aliphatic heterocycles. The van der Waals surface area contributed by atoms with Crippen molar-refractivity contribution in [1.82, 2.24) is 15.1 Å². The van der Waals surface area contributed by atoms with E-state index >= 15 is 0 Å². The molecule has 5 heteroatoms. The predicted molar refractivity (Wildman–Crippen MR) is 129 cm³/mol. The number of amides is 2. The van der Waals surface area contributed by atoms with Crippen LogP contribution in [0.15, 0.2) is 91.0 Å². The molecule has 2 saturated heterocycles. The zero-order chi connectivity index (χ0) is 22.7. The molecule has 3 aromatic rings. The molecule has 168 valence electrons. The molecule has 5 rings (SSSR count). The number of carbonyl (C=O) groups excluding carboxylic acids is 2. The third-order valence-electron chi connectivity index (χ3n) is 6.98. The van der Waals surface area contributed by atoms with Crippen LogP contribution in [0.3, 0.4) is 0 Å². The second-order valence-corrected chi connectivity index (χ2v) is 8.99. The lowest BCUT2D eigenvalue weighted by atomic mass is 9.83. The zero-order valence-corrected chi connectivity index (χ0v) is 18.7. The van der Waals surface area contributed by atoms with E-state index < -0.39 is 5.54 Å². The molecular formula is C28H29N3O2. The fraction of sp³-hybridized carbons (Fsp3) is 0.286. The summed E-state index contributed by atoms with van der Waals surface area (Å²) in [6, 6.07) is 30.1. The molecule has 0 bridgehead atoms. The molecule has 0 spiro atoms. The Balaban J connectivity index is 1.29. The summed E-state index contributed by atoms with van der Waals surface area (Å²) in [6.45, 7) is 2.67. The maximum atomic E-state index is 13.2. The van der Waals surface area contributed by atoms with Gasteiger partial charge in [0.1, 0.15) is 5.54 Å². The Morgan fingerprint density at radius 3 is 1.88 bits per heavy atom. The minimum atomic E-state index is -0.556. The van der Waals surface area contributed by atoms with Gasteiger partial charge in [0.2, 0.25) is 0 Å². The minimum absolute atomic E-state index is 0.0125. The van der Waals surface area contributed by atoms with Gasteiger partial charge >= 0.3 is 6.03 Å². The molecule has 33 heavy (non-hydrogen) atoms. The quantitative estimate of drug-likeness (QED) is 0.583. The van der Waals surface area contributed by atoms with Gasteiger partial charge in [0, 0.05) is 24.7 Å². The molecule has 1 N–H and O–H groups in total. The van der Waals surface area contributed by atoms with E-state index in [2.05, 4.69) is 34.5 Å². The van der Waals surface area contributed by atoms with Crippen molar-refractivity contribution in [2.45, 2.75) is 24.4 Å². The lowest BCUT2D eigenvalue weighted by Crippen LogP contribution is -2.47. The average Bonchev–Trinajstić information content (AvgIpc) is 3.24. The molecule has 0 aromatic heterocycles. The number of urea groups is 1. The third kappa shape index (κ3) is 4.29. The van der Waals surface area contributed by atoms with E-state index in [1.807, 2.05) is 71.6 Å². The highest BCUT2D eigenvalue weighted by Gasteiger charge is 2.47. The van der Waals surface area contributed by atoms with Crippen LogP contribution in [-0.2, 0) is 5.54 Å². The highest BCUT2D eigenvalue weighted by Crippen LogP contribution is 2.36. The van der Waals surface area contributed by atoms with Crippen LogP contribution >= 0.6 is 0 Å². The molecule has 0 aliphatic carbocycles. The fourth-order valence-corrected chi connectivity index (χ4v) is 5.16. The highest BCUT2D eigenvalue weighted by atomic mass is 16.2. The Labute approximate surface area is 195 Å². The van der Waals surface area contributed by atoms with Crippen molar-refractivity contribution in [3.8, 4) is 0 Å². The number of rotatable bonds is 6. The van der Waals surface area contributed by atoms with E-state index in [0.29, 0.717) is 13.1 Å². The van der Waals surface area contributed by atoms with Crippen molar-refractivity contribution in [2.24, 2.45) is 0 Å². The van der Waals surface area contributed by atoms with Crippen molar-refractivity contribution >= 4 is 11.8 Å². The summed E-state index contributed by atoms with van der Waals surface area (Å²) in [5, 5.41) is 3.33. The predicted octanol–water partition coefficient (Wildman–Crippen LogP) is 4.30. The molecule has 0 radical (unpaired) electrons. The van der Waals surface area contributed by atoms with Gasteiger partial charge < -0.3 is 10.2 Å². The Morgan fingerprint density at radius 1 is 0.818 bits per heavy atom. The van der Waals surface area contributed by atoms with Crippen molar-refractivity contribution in [3.05, 3.63) is 108 Å². The van der Waals surface area contributed by atoms with Crippen LogP contribution in [0.2, 0.25) is 0 Å². The van der Waals surface area contributed by atoms with E-state index in [9.17, 15) is 9.59 Å². The number of piperidine rings is 1. The molecule has 2 aliphatic rings. The van der Waals surface area contributed by atoms with E-state index in [1.54, 1.807) is 0 Å². The summed E-state index contributed by atoms with van der Waals surface area (Å²) < 4.78 is 0. The van der Waals surface area contributed by atoms with Gasteiger partial charge in [-0.05, 0) is 24.0 Å². The number of hydrogen-bond acceptors (Lipinski definition) is 3. The molecule has 5 nitrogen and oxygen atoms in total. The Morgan fingerprint density at radius 2 is 1.33 bits per heavy atom. The van der Waals surface area contributed by atoms with E-state index in [0.717, 1.165) is 42.6 Å². The maximum Gasteiger partial charge on any atom is 0.318 e. The first kappa shape index (κ1) is 21.4. The van der Waals surface area contributed by atoms with Gasteiger partial charge in [-0.25, -0.2) is 4.79 Å². The number of benzene rings is 3. The Bertz CT molecular complexity index is 1050. The van der Waals surface area contributed by atoms with Crippen LogP contribution in [-0.4, -0.2) is 53.8 Å². The summed E-state index contributed by atoms with van der Waals surface area (Å²) in [5.74, 6) is 0.153. The van der Waals surface area contributed by atoms with Gasteiger partial charge in [-0.1, -0.05) is 91.0 Å².